The van der Waals surface area contributed by atoms with Crippen LogP contribution in [0.5, 0.6) is 11.5 Å². The summed E-state index contributed by atoms with van der Waals surface area (Å²) in [4.78, 5) is 14.1. The molecule has 1 atom stereocenters. The Morgan fingerprint density at radius 3 is 2.77 bits per heavy atom. The highest BCUT2D eigenvalue weighted by atomic mass is 19.2. The molecule has 0 aromatic heterocycles. The average molecular weight is 361 g/mol. The Labute approximate surface area is 151 Å². The molecule has 0 radical (unpaired) electrons. The number of nitrogens with zero attached hydrogens (tertiary/aromatic N) is 1. The highest BCUT2D eigenvalue weighted by Gasteiger charge is 2.27. The Kier molecular flexibility index (Phi) is 5.71. The van der Waals surface area contributed by atoms with Crippen molar-refractivity contribution in [2.24, 2.45) is 5.92 Å². The molecule has 138 valence electrons. The molecule has 1 saturated heterocycles. The van der Waals surface area contributed by atoms with Crippen LogP contribution in [0.3, 0.4) is 0 Å². The van der Waals surface area contributed by atoms with Crippen molar-refractivity contribution in [1.82, 2.24) is 4.90 Å². The minimum absolute atomic E-state index is 0.135. The molecule has 3 rings (SSSR count). The van der Waals surface area contributed by atoms with Gasteiger partial charge in [0.15, 0.2) is 11.6 Å². The lowest BCUT2D eigenvalue weighted by atomic mass is 9.98. The van der Waals surface area contributed by atoms with Crippen molar-refractivity contribution in [3.63, 3.8) is 0 Å². The highest BCUT2D eigenvalue weighted by molar-refractivity contribution is 5.94. The monoisotopic (exact) mass is 361 g/mol. The normalized spacial score (nSPS) is 17.0. The Bertz CT molecular complexity index is 781. The van der Waals surface area contributed by atoms with Crippen molar-refractivity contribution >= 4 is 5.91 Å². The van der Waals surface area contributed by atoms with E-state index < -0.39 is 17.5 Å². The first kappa shape index (κ1) is 18.2. The third-order valence-electron chi connectivity index (χ3n) is 4.52. The van der Waals surface area contributed by atoms with Crippen LogP contribution in [0.2, 0.25) is 0 Å². The number of likely N-dealkylation sites (tertiary alicyclic amines) is 1. The van der Waals surface area contributed by atoms with Crippen LogP contribution in [0, 0.1) is 17.6 Å². The van der Waals surface area contributed by atoms with Crippen molar-refractivity contribution < 1.29 is 23.0 Å². The lowest BCUT2D eigenvalue weighted by molar-refractivity contribution is 0.0627. The number of carbonyl (C=O) groups excluding carboxylic acids is 1. The molecule has 2 aromatic carbocycles. The first-order valence-electron chi connectivity index (χ1n) is 8.58. The fourth-order valence-corrected chi connectivity index (χ4v) is 3.13. The van der Waals surface area contributed by atoms with E-state index in [2.05, 4.69) is 0 Å². The first-order chi connectivity index (χ1) is 12.6. The van der Waals surface area contributed by atoms with E-state index in [-0.39, 0.29) is 11.5 Å². The number of ether oxygens (including phenoxy) is 2. The molecule has 0 spiro atoms. The fourth-order valence-electron chi connectivity index (χ4n) is 3.13. The largest absolute Gasteiger partial charge is 0.497 e. The van der Waals surface area contributed by atoms with Crippen LogP contribution in [-0.2, 0) is 0 Å². The maximum absolute atomic E-state index is 13.9. The molecule has 0 N–H and O–H groups in total. The summed E-state index contributed by atoms with van der Waals surface area (Å²) < 4.78 is 38.2. The van der Waals surface area contributed by atoms with Crippen LogP contribution in [0.4, 0.5) is 8.78 Å². The summed E-state index contributed by atoms with van der Waals surface area (Å²) in [6.07, 6.45) is 1.72. The first-order valence-corrected chi connectivity index (χ1v) is 8.58. The zero-order chi connectivity index (χ0) is 18.5. The number of benzene rings is 2. The molecule has 4 nitrogen and oxygen atoms in total. The van der Waals surface area contributed by atoms with E-state index in [0.29, 0.717) is 31.2 Å². The molecule has 1 aliphatic rings. The summed E-state index contributed by atoms with van der Waals surface area (Å²) in [5, 5.41) is 0. The molecular weight excluding hydrogens is 340 g/mol. The number of methoxy groups -OCH3 is 1. The molecule has 1 amide bonds. The van der Waals surface area contributed by atoms with Gasteiger partial charge in [-0.25, -0.2) is 8.78 Å². The van der Waals surface area contributed by atoms with Crippen LogP contribution in [-0.4, -0.2) is 37.6 Å². The van der Waals surface area contributed by atoms with Gasteiger partial charge in [-0.2, -0.15) is 0 Å². The standard InChI is InChI=1S/C20H21F2NO3/c1-25-15-6-2-7-16(11-15)26-13-14-5-4-10-23(12-14)20(24)17-8-3-9-18(21)19(17)22/h2-3,6-9,11,14H,4-5,10,12-13H2,1H3. The SMILES string of the molecule is COc1cccc(OCC2CCCN(C(=O)c3cccc(F)c3F)C2)c1. The van der Waals surface area contributed by atoms with E-state index in [4.69, 9.17) is 9.47 Å². The third kappa shape index (κ3) is 4.12. The molecule has 1 heterocycles. The summed E-state index contributed by atoms with van der Waals surface area (Å²) in [5.41, 5.74) is -0.223. The number of piperidine rings is 1. The van der Waals surface area contributed by atoms with Gasteiger partial charge < -0.3 is 14.4 Å². The van der Waals surface area contributed by atoms with Crippen LogP contribution in [0.15, 0.2) is 42.5 Å². The maximum atomic E-state index is 13.9. The quantitative estimate of drug-likeness (QED) is 0.811. The van der Waals surface area contributed by atoms with E-state index in [9.17, 15) is 13.6 Å². The summed E-state index contributed by atoms with van der Waals surface area (Å²) in [6.45, 7) is 1.44. The average Bonchev–Trinajstić information content (AvgIpc) is 2.68. The molecule has 1 unspecified atom stereocenters. The molecule has 1 fully saturated rings. The van der Waals surface area contributed by atoms with Crippen LogP contribution >= 0.6 is 0 Å². The molecule has 0 aliphatic carbocycles. The highest BCUT2D eigenvalue weighted by Crippen LogP contribution is 2.23. The molecule has 0 saturated carbocycles. The van der Waals surface area contributed by atoms with Gasteiger partial charge in [-0.1, -0.05) is 12.1 Å². The number of rotatable bonds is 5. The van der Waals surface area contributed by atoms with Gasteiger partial charge in [-0.15, -0.1) is 0 Å². The van der Waals surface area contributed by atoms with Crippen LogP contribution < -0.4 is 9.47 Å². The van der Waals surface area contributed by atoms with E-state index in [1.807, 2.05) is 18.2 Å². The second-order valence-corrected chi connectivity index (χ2v) is 6.35. The zero-order valence-corrected chi connectivity index (χ0v) is 14.6. The van der Waals surface area contributed by atoms with E-state index in [1.54, 1.807) is 18.1 Å². The Morgan fingerprint density at radius 2 is 1.96 bits per heavy atom. The van der Waals surface area contributed by atoms with Gasteiger partial charge in [-0.3, -0.25) is 4.79 Å². The molecule has 26 heavy (non-hydrogen) atoms. The summed E-state index contributed by atoms with van der Waals surface area (Å²) in [5.74, 6) is -1.03. The van der Waals surface area contributed by atoms with Gasteiger partial charge >= 0.3 is 0 Å². The van der Waals surface area contributed by atoms with Gasteiger partial charge in [0.2, 0.25) is 0 Å². The summed E-state index contributed by atoms with van der Waals surface area (Å²) in [7, 11) is 1.59. The fraction of sp³-hybridized carbons (Fsp3) is 0.350. The second-order valence-electron chi connectivity index (χ2n) is 6.35. The second kappa shape index (κ2) is 8.17. The van der Waals surface area contributed by atoms with E-state index >= 15 is 0 Å². The van der Waals surface area contributed by atoms with Crippen LogP contribution in [0.25, 0.3) is 0 Å². The van der Waals surface area contributed by atoms with Gasteiger partial charge in [-0.05, 0) is 37.1 Å². The summed E-state index contributed by atoms with van der Waals surface area (Å²) >= 11 is 0. The van der Waals surface area contributed by atoms with Gasteiger partial charge in [0.25, 0.3) is 5.91 Å². The third-order valence-corrected chi connectivity index (χ3v) is 4.52. The minimum Gasteiger partial charge on any atom is -0.497 e. The zero-order valence-electron chi connectivity index (χ0n) is 14.6. The molecule has 2 aromatic rings. The van der Waals surface area contributed by atoms with E-state index in [1.165, 1.54) is 12.1 Å². The number of hydrogen-bond donors (Lipinski definition) is 0. The molecule has 6 heteroatoms. The predicted octanol–water partition coefficient (Wildman–Crippen LogP) is 3.90. The molecule has 0 bridgehead atoms. The number of halogens is 2. The van der Waals surface area contributed by atoms with Crippen LogP contribution in [0.1, 0.15) is 23.2 Å². The summed E-state index contributed by atoms with van der Waals surface area (Å²) in [6, 6.07) is 11.0. The molecule has 1 aliphatic heterocycles. The van der Waals surface area contributed by atoms with Crippen molar-refractivity contribution in [1.29, 1.82) is 0 Å². The molecular formula is C20H21F2NO3. The van der Waals surface area contributed by atoms with Gasteiger partial charge in [0.05, 0.1) is 19.3 Å². The lowest BCUT2D eigenvalue weighted by Crippen LogP contribution is -2.42. The number of amides is 1. The Morgan fingerprint density at radius 1 is 1.19 bits per heavy atom. The van der Waals surface area contributed by atoms with Gasteiger partial charge in [0.1, 0.15) is 11.5 Å². The van der Waals surface area contributed by atoms with Crippen molar-refractivity contribution in [2.45, 2.75) is 12.8 Å². The topological polar surface area (TPSA) is 38.8 Å². The maximum Gasteiger partial charge on any atom is 0.256 e. The Balaban J connectivity index is 1.61. The number of hydrogen-bond acceptors (Lipinski definition) is 3. The predicted molar refractivity (Wildman–Crippen MR) is 93.5 cm³/mol. The van der Waals surface area contributed by atoms with Gasteiger partial charge in [0, 0.05) is 25.1 Å². The van der Waals surface area contributed by atoms with Crippen molar-refractivity contribution in [2.75, 3.05) is 26.8 Å². The number of carbonyl (C=O) groups is 1. The van der Waals surface area contributed by atoms with E-state index in [0.717, 1.165) is 18.9 Å². The Hall–Kier alpha value is -2.63. The van der Waals surface area contributed by atoms with Crippen molar-refractivity contribution in [3.8, 4) is 11.5 Å². The smallest absolute Gasteiger partial charge is 0.256 e. The minimum atomic E-state index is -1.09. The lowest BCUT2D eigenvalue weighted by Gasteiger charge is -2.32. The van der Waals surface area contributed by atoms with Crippen molar-refractivity contribution in [3.05, 3.63) is 59.7 Å².